The number of carbonyl (C=O) groups excluding carboxylic acids is 1. The molecule has 1 aromatic heterocycles. The highest BCUT2D eigenvalue weighted by Crippen LogP contribution is 2.25. The average Bonchev–Trinajstić information content (AvgIpc) is 2.87. The van der Waals surface area contributed by atoms with Crippen molar-refractivity contribution in [2.75, 3.05) is 19.3 Å². The summed E-state index contributed by atoms with van der Waals surface area (Å²) in [4.78, 5) is 13.1. The normalized spacial score (nSPS) is 20.7. The van der Waals surface area contributed by atoms with E-state index < -0.39 is 10.0 Å². The molecule has 0 saturated carbocycles. The third kappa shape index (κ3) is 4.05. The maximum absolute atomic E-state index is 12.4. The van der Waals surface area contributed by atoms with Gasteiger partial charge in [-0.1, -0.05) is 13.8 Å². The van der Waals surface area contributed by atoms with Crippen LogP contribution in [0.3, 0.4) is 0 Å². The van der Waals surface area contributed by atoms with E-state index in [9.17, 15) is 13.2 Å². The van der Waals surface area contributed by atoms with Gasteiger partial charge in [0.05, 0.1) is 11.1 Å². The lowest BCUT2D eigenvalue weighted by atomic mass is 10.0. The molecule has 21 heavy (non-hydrogen) atoms. The Morgan fingerprint density at radius 1 is 1.48 bits per heavy atom. The fourth-order valence-corrected chi connectivity index (χ4v) is 4.44. The largest absolute Gasteiger partial charge is 0.347 e. The summed E-state index contributed by atoms with van der Waals surface area (Å²) in [6, 6.07) is 1.87. The maximum atomic E-state index is 12.4. The number of nitrogens with zero attached hydrogens (tertiary/aromatic N) is 1. The van der Waals surface area contributed by atoms with Crippen molar-refractivity contribution in [2.45, 2.75) is 38.6 Å². The first-order valence-corrected chi connectivity index (χ1v) is 9.85. The number of carbonyl (C=O) groups is 1. The molecule has 1 saturated heterocycles. The smallest absolute Gasteiger partial charge is 0.261 e. The highest BCUT2D eigenvalue weighted by atomic mass is 32.2. The van der Waals surface area contributed by atoms with Crippen molar-refractivity contribution in [3.63, 3.8) is 0 Å². The number of nitrogens with one attached hydrogen (secondary N) is 1. The molecular weight excluding hydrogens is 308 g/mol. The molecule has 0 aromatic carbocycles. The molecule has 7 heteroatoms. The van der Waals surface area contributed by atoms with Crippen LogP contribution in [0.2, 0.25) is 0 Å². The summed E-state index contributed by atoms with van der Waals surface area (Å²) in [6.07, 6.45) is 2.81. The molecule has 1 amide bonds. The second kappa shape index (κ2) is 6.46. The Hall–Kier alpha value is -0.920. The molecule has 1 unspecified atom stereocenters. The number of sulfonamides is 1. The molecule has 2 rings (SSSR count). The Kier molecular flexibility index (Phi) is 5.06. The molecule has 1 aromatic rings. The molecule has 0 radical (unpaired) electrons. The second-order valence-electron chi connectivity index (χ2n) is 5.79. The van der Waals surface area contributed by atoms with E-state index in [4.69, 9.17) is 0 Å². The third-order valence-corrected chi connectivity index (χ3v) is 5.91. The van der Waals surface area contributed by atoms with Gasteiger partial charge in [-0.15, -0.1) is 11.3 Å². The maximum Gasteiger partial charge on any atom is 0.261 e. The summed E-state index contributed by atoms with van der Waals surface area (Å²) in [7, 11) is -3.19. The van der Waals surface area contributed by atoms with Crippen molar-refractivity contribution in [1.82, 2.24) is 9.62 Å². The standard InChI is InChI=1S/C14H22N2O3S2/c1-10(2)12-6-8-20-13(12)14(17)15-11-5-4-7-16(9-11)21(3,18)19/h6,8,10-11H,4-5,7,9H2,1-3H3,(H,15,17). The van der Waals surface area contributed by atoms with Crippen LogP contribution in [0, 0.1) is 0 Å². The Balaban J connectivity index is 2.04. The number of rotatable bonds is 4. The second-order valence-corrected chi connectivity index (χ2v) is 8.69. The van der Waals surface area contributed by atoms with E-state index >= 15 is 0 Å². The zero-order valence-electron chi connectivity index (χ0n) is 12.6. The average molecular weight is 330 g/mol. The highest BCUT2D eigenvalue weighted by Gasteiger charge is 2.27. The SMILES string of the molecule is CC(C)c1ccsc1C(=O)NC1CCCN(S(C)(=O)=O)C1. The topological polar surface area (TPSA) is 66.5 Å². The molecule has 0 spiro atoms. The molecule has 1 aliphatic heterocycles. The molecule has 2 heterocycles. The Morgan fingerprint density at radius 3 is 2.81 bits per heavy atom. The lowest BCUT2D eigenvalue weighted by Gasteiger charge is -2.31. The van der Waals surface area contributed by atoms with Crippen molar-refractivity contribution in [2.24, 2.45) is 0 Å². The predicted octanol–water partition coefficient (Wildman–Crippen LogP) is 2.03. The molecule has 118 valence electrons. The van der Waals surface area contributed by atoms with Gasteiger partial charge in [0.1, 0.15) is 0 Å². The van der Waals surface area contributed by atoms with Gasteiger partial charge in [-0.05, 0) is 35.8 Å². The minimum Gasteiger partial charge on any atom is -0.347 e. The molecule has 5 nitrogen and oxygen atoms in total. The van der Waals surface area contributed by atoms with Crippen molar-refractivity contribution < 1.29 is 13.2 Å². The van der Waals surface area contributed by atoms with E-state index in [-0.39, 0.29) is 11.9 Å². The van der Waals surface area contributed by atoms with E-state index in [2.05, 4.69) is 19.2 Å². The zero-order valence-corrected chi connectivity index (χ0v) is 14.3. The van der Waals surface area contributed by atoms with Gasteiger partial charge in [0.25, 0.3) is 5.91 Å². The van der Waals surface area contributed by atoms with Gasteiger partial charge >= 0.3 is 0 Å². The summed E-state index contributed by atoms with van der Waals surface area (Å²) < 4.78 is 24.7. The first-order valence-electron chi connectivity index (χ1n) is 7.12. The van der Waals surface area contributed by atoms with Crippen LogP contribution in [-0.2, 0) is 10.0 Å². The van der Waals surface area contributed by atoms with Crippen LogP contribution in [-0.4, -0.2) is 44.0 Å². The van der Waals surface area contributed by atoms with E-state index in [1.54, 1.807) is 0 Å². The number of piperidine rings is 1. The molecule has 1 atom stereocenters. The Bertz CT molecular complexity index is 607. The predicted molar refractivity (Wildman–Crippen MR) is 85.3 cm³/mol. The van der Waals surface area contributed by atoms with Gasteiger partial charge < -0.3 is 5.32 Å². The summed E-state index contributed by atoms with van der Waals surface area (Å²) in [6.45, 7) is 5.03. The fourth-order valence-electron chi connectivity index (χ4n) is 2.57. The number of amides is 1. The van der Waals surface area contributed by atoms with Crippen LogP contribution in [0.15, 0.2) is 11.4 Å². The number of thiophene rings is 1. The fraction of sp³-hybridized carbons (Fsp3) is 0.643. The lowest BCUT2D eigenvalue weighted by Crippen LogP contribution is -2.49. The lowest BCUT2D eigenvalue weighted by molar-refractivity contribution is 0.0924. The van der Waals surface area contributed by atoms with E-state index in [0.29, 0.717) is 19.0 Å². The van der Waals surface area contributed by atoms with Gasteiger partial charge in [-0.2, -0.15) is 0 Å². The quantitative estimate of drug-likeness (QED) is 0.918. The van der Waals surface area contributed by atoms with Gasteiger partial charge in [0, 0.05) is 19.1 Å². The number of hydrogen-bond acceptors (Lipinski definition) is 4. The minimum atomic E-state index is -3.19. The van der Waals surface area contributed by atoms with Gasteiger partial charge in [-0.3, -0.25) is 4.79 Å². The Labute approximate surface area is 130 Å². The molecule has 1 aliphatic rings. The van der Waals surface area contributed by atoms with Gasteiger partial charge in [0.15, 0.2) is 0 Å². The Morgan fingerprint density at radius 2 is 2.19 bits per heavy atom. The molecule has 1 fully saturated rings. The highest BCUT2D eigenvalue weighted by molar-refractivity contribution is 7.88. The monoisotopic (exact) mass is 330 g/mol. The molecule has 0 aliphatic carbocycles. The number of hydrogen-bond donors (Lipinski definition) is 1. The minimum absolute atomic E-state index is 0.0888. The van der Waals surface area contributed by atoms with Crippen molar-refractivity contribution in [3.05, 3.63) is 21.9 Å². The van der Waals surface area contributed by atoms with Crippen LogP contribution < -0.4 is 5.32 Å². The van der Waals surface area contributed by atoms with Crippen molar-refractivity contribution in [3.8, 4) is 0 Å². The van der Waals surface area contributed by atoms with E-state index in [0.717, 1.165) is 23.3 Å². The van der Waals surface area contributed by atoms with E-state index in [1.165, 1.54) is 21.9 Å². The first kappa shape index (κ1) is 16.5. The van der Waals surface area contributed by atoms with Gasteiger partial charge in [0.2, 0.25) is 10.0 Å². The zero-order chi connectivity index (χ0) is 15.6. The van der Waals surface area contributed by atoms with Crippen LogP contribution in [0.5, 0.6) is 0 Å². The van der Waals surface area contributed by atoms with Crippen LogP contribution in [0.1, 0.15) is 47.8 Å². The summed E-state index contributed by atoms with van der Waals surface area (Å²) in [5.41, 5.74) is 1.05. The summed E-state index contributed by atoms with van der Waals surface area (Å²) >= 11 is 1.44. The third-order valence-electron chi connectivity index (χ3n) is 3.71. The molecular formula is C14H22N2O3S2. The molecule has 0 bridgehead atoms. The van der Waals surface area contributed by atoms with Crippen LogP contribution >= 0.6 is 11.3 Å². The van der Waals surface area contributed by atoms with Crippen LogP contribution in [0.25, 0.3) is 0 Å². The van der Waals surface area contributed by atoms with Crippen LogP contribution in [0.4, 0.5) is 0 Å². The van der Waals surface area contributed by atoms with Crippen molar-refractivity contribution >= 4 is 27.3 Å². The van der Waals surface area contributed by atoms with Gasteiger partial charge in [-0.25, -0.2) is 12.7 Å². The first-order chi connectivity index (χ1) is 9.79. The summed E-state index contributed by atoms with van der Waals surface area (Å²) in [5, 5.41) is 4.91. The van der Waals surface area contributed by atoms with Crippen molar-refractivity contribution in [1.29, 1.82) is 0 Å². The summed E-state index contributed by atoms with van der Waals surface area (Å²) in [5.74, 6) is 0.213. The van der Waals surface area contributed by atoms with E-state index in [1.807, 2.05) is 11.4 Å². The molecule has 1 N–H and O–H groups in total.